The number of hydrogen-bond donors (Lipinski definition) is 2. The zero-order valence-corrected chi connectivity index (χ0v) is 9.11. The first-order valence-electron chi connectivity index (χ1n) is 5.55. The van der Waals surface area contributed by atoms with Gasteiger partial charge in [-0.1, -0.05) is 0 Å². The van der Waals surface area contributed by atoms with Gasteiger partial charge in [-0.2, -0.15) is 0 Å². The summed E-state index contributed by atoms with van der Waals surface area (Å²) in [5.41, 5.74) is 0.773. The van der Waals surface area contributed by atoms with Gasteiger partial charge in [-0.15, -0.1) is 0 Å². The SMILES string of the molecule is CC(NCC1(O)CCC1)c1ccncc1. The van der Waals surface area contributed by atoms with Crippen molar-refractivity contribution in [3.63, 3.8) is 0 Å². The van der Waals surface area contributed by atoms with Gasteiger partial charge in [-0.25, -0.2) is 0 Å². The average molecular weight is 206 g/mol. The van der Waals surface area contributed by atoms with Crippen LogP contribution in [-0.2, 0) is 0 Å². The lowest BCUT2D eigenvalue weighted by Crippen LogP contribution is -2.46. The summed E-state index contributed by atoms with van der Waals surface area (Å²) >= 11 is 0. The molecular weight excluding hydrogens is 188 g/mol. The molecule has 0 spiro atoms. The van der Waals surface area contributed by atoms with E-state index in [-0.39, 0.29) is 6.04 Å². The Morgan fingerprint density at radius 3 is 2.67 bits per heavy atom. The molecule has 1 aromatic rings. The topological polar surface area (TPSA) is 45.1 Å². The van der Waals surface area contributed by atoms with Gasteiger partial charge in [0.15, 0.2) is 0 Å². The van der Waals surface area contributed by atoms with Crippen molar-refractivity contribution in [3.05, 3.63) is 30.1 Å². The molecule has 1 aromatic heterocycles. The Morgan fingerprint density at radius 1 is 1.47 bits per heavy atom. The molecule has 3 heteroatoms. The van der Waals surface area contributed by atoms with Gasteiger partial charge in [0.25, 0.3) is 0 Å². The molecule has 1 atom stereocenters. The van der Waals surface area contributed by atoms with Gasteiger partial charge in [0.1, 0.15) is 0 Å². The predicted molar refractivity (Wildman–Crippen MR) is 59.5 cm³/mol. The summed E-state index contributed by atoms with van der Waals surface area (Å²) in [6.45, 7) is 2.80. The standard InChI is InChI=1S/C12H18N2O/c1-10(11-3-7-13-8-4-11)14-9-12(15)5-2-6-12/h3-4,7-8,10,14-15H,2,5-6,9H2,1H3. The monoisotopic (exact) mass is 206 g/mol. The fraction of sp³-hybridized carbons (Fsp3) is 0.583. The van der Waals surface area contributed by atoms with Crippen LogP contribution in [0.1, 0.15) is 37.8 Å². The first-order chi connectivity index (χ1) is 7.20. The molecule has 0 aliphatic heterocycles. The molecule has 0 aromatic carbocycles. The number of aromatic nitrogens is 1. The van der Waals surface area contributed by atoms with Crippen LogP contribution in [0, 0.1) is 0 Å². The number of rotatable bonds is 4. The Kier molecular flexibility index (Phi) is 3.03. The molecular formula is C12H18N2O. The molecule has 0 saturated heterocycles. The lowest BCUT2D eigenvalue weighted by Gasteiger charge is -2.37. The summed E-state index contributed by atoms with van der Waals surface area (Å²) in [7, 11) is 0. The van der Waals surface area contributed by atoms with Gasteiger partial charge < -0.3 is 10.4 Å². The van der Waals surface area contributed by atoms with Crippen LogP contribution < -0.4 is 5.32 Å². The summed E-state index contributed by atoms with van der Waals surface area (Å²) in [6, 6.07) is 4.28. The van der Waals surface area contributed by atoms with Crippen molar-refractivity contribution < 1.29 is 5.11 Å². The summed E-state index contributed by atoms with van der Waals surface area (Å²) in [5, 5.41) is 13.3. The molecule has 0 bridgehead atoms. The number of hydrogen-bond acceptors (Lipinski definition) is 3. The first kappa shape index (κ1) is 10.6. The average Bonchev–Trinajstić information content (AvgIpc) is 2.24. The second-order valence-corrected chi connectivity index (χ2v) is 4.46. The van der Waals surface area contributed by atoms with Crippen molar-refractivity contribution in [1.82, 2.24) is 10.3 Å². The highest BCUT2D eigenvalue weighted by atomic mass is 16.3. The van der Waals surface area contributed by atoms with Crippen LogP contribution in [0.15, 0.2) is 24.5 Å². The third-order valence-electron chi connectivity index (χ3n) is 3.23. The van der Waals surface area contributed by atoms with Gasteiger partial charge in [-0.05, 0) is 43.9 Å². The van der Waals surface area contributed by atoms with Crippen molar-refractivity contribution in [1.29, 1.82) is 0 Å². The lowest BCUT2D eigenvalue weighted by molar-refractivity contribution is -0.0329. The fourth-order valence-corrected chi connectivity index (χ4v) is 1.87. The maximum atomic E-state index is 9.93. The molecule has 0 radical (unpaired) electrons. The summed E-state index contributed by atoms with van der Waals surface area (Å²) < 4.78 is 0. The molecule has 1 aliphatic carbocycles. The van der Waals surface area contributed by atoms with Crippen molar-refractivity contribution >= 4 is 0 Å². The van der Waals surface area contributed by atoms with Crippen LogP contribution in [0.5, 0.6) is 0 Å². The largest absolute Gasteiger partial charge is 0.389 e. The van der Waals surface area contributed by atoms with E-state index in [1.165, 1.54) is 5.56 Å². The van der Waals surface area contributed by atoms with Crippen LogP contribution in [0.25, 0.3) is 0 Å². The molecule has 2 N–H and O–H groups in total. The number of nitrogens with zero attached hydrogens (tertiary/aromatic N) is 1. The minimum Gasteiger partial charge on any atom is -0.389 e. The number of aliphatic hydroxyl groups is 1. The zero-order valence-electron chi connectivity index (χ0n) is 9.11. The van der Waals surface area contributed by atoms with Gasteiger partial charge >= 0.3 is 0 Å². The Morgan fingerprint density at radius 2 is 2.13 bits per heavy atom. The molecule has 15 heavy (non-hydrogen) atoms. The summed E-state index contributed by atoms with van der Waals surface area (Å²) in [5.74, 6) is 0. The van der Waals surface area contributed by atoms with Gasteiger partial charge in [0, 0.05) is 25.0 Å². The first-order valence-corrected chi connectivity index (χ1v) is 5.55. The summed E-state index contributed by atoms with van der Waals surface area (Å²) in [6.07, 6.45) is 6.62. The fourth-order valence-electron chi connectivity index (χ4n) is 1.87. The van der Waals surface area contributed by atoms with Crippen molar-refractivity contribution in [2.45, 2.75) is 37.8 Å². The lowest BCUT2D eigenvalue weighted by atomic mass is 9.80. The van der Waals surface area contributed by atoms with Crippen LogP contribution in [-0.4, -0.2) is 22.2 Å². The highest BCUT2D eigenvalue weighted by Gasteiger charge is 2.34. The van der Waals surface area contributed by atoms with E-state index < -0.39 is 5.60 Å². The third-order valence-corrected chi connectivity index (χ3v) is 3.23. The van der Waals surface area contributed by atoms with E-state index in [1.807, 2.05) is 12.1 Å². The van der Waals surface area contributed by atoms with E-state index in [9.17, 15) is 5.11 Å². The van der Waals surface area contributed by atoms with Gasteiger partial charge in [0.2, 0.25) is 0 Å². The van der Waals surface area contributed by atoms with E-state index in [4.69, 9.17) is 0 Å². The maximum absolute atomic E-state index is 9.93. The minimum atomic E-state index is -0.443. The molecule has 1 aliphatic rings. The molecule has 2 rings (SSSR count). The van der Waals surface area contributed by atoms with Crippen LogP contribution >= 0.6 is 0 Å². The number of pyridine rings is 1. The Labute approximate surface area is 90.5 Å². The van der Waals surface area contributed by atoms with Crippen molar-refractivity contribution in [2.75, 3.05) is 6.54 Å². The Hall–Kier alpha value is -0.930. The van der Waals surface area contributed by atoms with E-state index >= 15 is 0 Å². The van der Waals surface area contributed by atoms with Gasteiger partial charge in [-0.3, -0.25) is 4.98 Å². The molecule has 1 fully saturated rings. The van der Waals surface area contributed by atoms with E-state index in [1.54, 1.807) is 12.4 Å². The van der Waals surface area contributed by atoms with Crippen LogP contribution in [0.4, 0.5) is 0 Å². The second-order valence-electron chi connectivity index (χ2n) is 4.46. The van der Waals surface area contributed by atoms with E-state index in [2.05, 4.69) is 17.2 Å². The Bertz CT molecular complexity index is 309. The zero-order chi connectivity index (χ0) is 10.7. The molecule has 1 heterocycles. The van der Waals surface area contributed by atoms with Crippen molar-refractivity contribution in [3.8, 4) is 0 Å². The molecule has 82 valence electrons. The third kappa shape index (κ3) is 2.55. The molecule has 1 saturated carbocycles. The normalized spacial score (nSPS) is 20.7. The maximum Gasteiger partial charge on any atom is 0.0771 e. The van der Waals surface area contributed by atoms with E-state index in [0.717, 1.165) is 19.3 Å². The smallest absolute Gasteiger partial charge is 0.0771 e. The molecule has 3 nitrogen and oxygen atoms in total. The Balaban J connectivity index is 1.85. The van der Waals surface area contributed by atoms with Crippen LogP contribution in [0.3, 0.4) is 0 Å². The quantitative estimate of drug-likeness (QED) is 0.787. The van der Waals surface area contributed by atoms with Gasteiger partial charge in [0.05, 0.1) is 5.60 Å². The van der Waals surface area contributed by atoms with Crippen LogP contribution in [0.2, 0.25) is 0 Å². The number of nitrogens with one attached hydrogen (secondary N) is 1. The molecule has 1 unspecified atom stereocenters. The minimum absolute atomic E-state index is 0.276. The highest BCUT2D eigenvalue weighted by molar-refractivity contribution is 5.14. The van der Waals surface area contributed by atoms with Crippen molar-refractivity contribution in [2.24, 2.45) is 0 Å². The second kappa shape index (κ2) is 4.29. The van der Waals surface area contributed by atoms with E-state index in [0.29, 0.717) is 6.54 Å². The summed E-state index contributed by atoms with van der Waals surface area (Å²) in [4.78, 5) is 3.99. The highest BCUT2D eigenvalue weighted by Crippen LogP contribution is 2.31. The predicted octanol–water partition coefficient (Wildman–Crippen LogP) is 1.65. The molecule has 0 amide bonds.